The van der Waals surface area contributed by atoms with Crippen LogP contribution in [-0.4, -0.2) is 47.4 Å². The second kappa shape index (κ2) is 12.0. The van der Waals surface area contributed by atoms with Crippen molar-refractivity contribution >= 4 is 35.3 Å². The molecule has 1 aliphatic carbocycles. The first-order valence-corrected chi connectivity index (χ1v) is 13.6. The molecule has 8 heteroatoms. The Morgan fingerprint density at radius 2 is 1.67 bits per heavy atom. The summed E-state index contributed by atoms with van der Waals surface area (Å²) in [5, 5.41) is 11.9. The zero-order valence-electron chi connectivity index (χ0n) is 22.5. The third kappa shape index (κ3) is 7.13. The summed E-state index contributed by atoms with van der Waals surface area (Å²) in [7, 11) is 1.32. The molecule has 0 aliphatic heterocycles. The number of amides is 1. The van der Waals surface area contributed by atoms with Crippen molar-refractivity contribution in [2.24, 2.45) is 0 Å². The van der Waals surface area contributed by atoms with Crippen LogP contribution in [0.3, 0.4) is 0 Å². The molecular formula is C31H33Cl2NO5. The third-order valence-corrected chi connectivity index (χ3v) is 7.37. The molecule has 0 bridgehead atoms. The molecule has 39 heavy (non-hydrogen) atoms. The maximum absolute atomic E-state index is 13.3. The van der Waals surface area contributed by atoms with E-state index in [-0.39, 0.29) is 12.6 Å². The largest absolute Gasteiger partial charge is 0.465 e. The first-order valence-electron chi connectivity index (χ1n) is 12.9. The molecular weight excluding hydrogens is 537 g/mol. The van der Waals surface area contributed by atoms with Gasteiger partial charge < -0.3 is 19.5 Å². The summed E-state index contributed by atoms with van der Waals surface area (Å²) < 4.78 is 10.5. The van der Waals surface area contributed by atoms with Gasteiger partial charge in [-0.1, -0.05) is 59.6 Å². The highest BCUT2D eigenvalue weighted by Crippen LogP contribution is 2.33. The number of ether oxygens (including phenoxy) is 2. The number of aryl methyl sites for hydroxylation is 1. The van der Waals surface area contributed by atoms with Gasteiger partial charge in [0.15, 0.2) is 0 Å². The van der Waals surface area contributed by atoms with Crippen LogP contribution >= 0.6 is 23.2 Å². The molecule has 0 fully saturated rings. The van der Waals surface area contributed by atoms with E-state index in [0.29, 0.717) is 27.6 Å². The van der Waals surface area contributed by atoms with E-state index in [1.165, 1.54) is 12.7 Å². The molecule has 2 atom stereocenters. The van der Waals surface area contributed by atoms with Gasteiger partial charge in [0, 0.05) is 11.1 Å². The lowest BCUT2D eigenvalue weighted by Gasteiger charge is -2.37. The number of halogens is 2. The van der Waals surface area contributed by atoms with Gasteiger partial charge in [0.1, 0.15) is 5.60 Å². The molecule has 0 heterocycles. The molecule has 2 unspecified atom stereocenters. The minimum atomic E-state index is -0.891. The van der Waals surface area contributed by atoms with Gasteiger partial charge >= 0.3 is 12.1 Å². The Labute approximate surface area is 239 Å². The molecule has 3 aromatic rings. The monoisotopic (exact) mass is 569 g/mol. The number of nitrogens with zero attached hydrogens (tertiary/aromatic N) is 1. The average Bonchev–Trinajstić information content (AvgIpc) is 2.89. The van der Waals surface area contributed by atoms with E-state index in [0.717, 1.165) is 29.5 Å². The molecule has 206 valence electrons. The highest BCUT2D eigenvalue weighted by atomic mass is 35.5. The number of aliphatic hydroxyl groups is 1. The van der Waals surface area contributed by atoms with Crippen molar-refractivity contribution in [2.45, 2.75) is 57.8 Å². The molecule has 4 rings (SSSR count). The molecule has 6 nitrogen and oxygen atoms in total. The minimum Gasteiger partial charge on any atom is -0.465 e. The van der Waals surface area contributed by atoms with Gasteiger partial charge in [-0.3, -0.25) is 0 Å². The zero-order valence-corrected chi connectivity index (χ0v) is 24.1. The van der Waals surface area contributed by atoms with Crippen molar-refractivity contribution in [2.75, 3.05) is 13.7 Å². The summed E-state index contributed by atoms with van der Waals surface area (Å²) in [6.45, 7) is 5.59. The molecule has 0 spiro atoms. The van der Waals surface area contributed by atoms with Gasteiger partial charge in [0.2, 0.25) is 0 Å². The third-order valence-electron chi connectivity index (χ3n) is 6.81. The van der Waals surface area contributed by atoms with Crippen LogP contribution in [0.1, 0.15) is 60.3 Å². The smallest absolute Gasteiger partial charge is 0.410 e. The Hall–Kier alpha value is -3.06. The van der Waals surface area contributed by atoms with Crippen molar-refractivity contribution in [1.29, 1.82) is 0 Å². The molecule has 1 N–H and O–H groups in total. The zero-order chi connectivity index (χ0) is 28.3. The minimum absolute atomic E-state index is 0.0981. The lowest BCUT2D eigenvalue weighted by molar-refractivity contribution is 0.00195. The summed E-state index contributed by atoms with van der Waals surface area (Å²) in [6, 6.07) is 18.3. The molecule has 1 aliphatic rings. The average molecular weight is 571 g/mol. The summed E-state index contributed by atoms with van der Waals surface area (Å²) in [5.74, 6) is -0.483. The molecule has 0 aromatic heterocycles. The number of carbonyl (C=O) groups is 2. The fraction of sp³-hybridized carbons (Fsp3) is 0.355. The highest BCUT2D eigenvalue weighted by molar-refractivity contribution is 6.33. The van der Waals surface area contributed by atoms with Crippen LogP contribution in [0.5, 0.6) is 0 Å². The number of hydrogen-bond donors (Lipinski definition) is 1. The van der Waals surface area contributed by atoms with E-state index >= 15 is 0 Å². The van der Waals surface area contributed by atoms with E-state index in [2.05, 4.69) is 12.1 Å². The van der Waals surface area contributed by atoms with Crippen LogP contribution in [0, 0.1) is 0 Å². The summed E-state index contributed by atoms with van der Waals surface area (Å²) >= 11 is 12.4. The van der Waals surface area contributed by atoms with Crippen molar-refractivity contribution in [1.82, 2.24) is 4.90 Å². The van der Waals surface area contributed by atoms with Crippen molar-refractivity contribution in [3.8, 4) is 11.1 Å². The second-order valence-corrected chi connectivity index (χ2v) is 11.6. The van der Waals surface area contributed by atoms with Gasteiger partial charge in [-0.05, 0) is 92.1 Å². The Bertz CT molecular complexity index is 1350. The topological polar surface area (TPSA) is 76.1 Å². The number of hydrogen-bond acceptors (Lipinski definition) is 5. The van der Waals surface area contributed by atoms with E-state index in [4.69, 9.17) is 32.7 Å². The number of fused-ring (bicyclic) bond motifs is 1. The lowest BCUT2D eigenvalue weighted by atomic mass is 9.85. The fourth-order valence-corrected chi connectivity index (χ4v) is 5.21. The Balaban J connectivity index is 1.60. The van der Waals surface area contributed by atoms with E-state index in [1.54, 1.807) is 41.3 Å². The normalized spacial score (nSPS) is 15.7. The Kier molecular flexibility index (Phi) is 8.90. The number of methoxy groups -OCH3 is 1. The standard InChI is InChI=1S/C31H33Cl2NO5/c1-31(2,3)39-30(37)34(18-28(35)20-7-11-24(32)12-8-20)25-13-9-19-5-6-21(15-23(19)16-25)22-10-14-26(27(33)17-22)29(36)38-4/h5-8,10-12,14-15,17,25,28,35H,9,13,16,18H2,1-4H3. The van der Waals surface area contributed by atoms with Crippen LogP contribution in [0.15, 0.2) is 60.7 Å². The summed E-state index contributed by atoms with van der Waals surface area (Å²) in [6.07, 6.45) is 0.810. The van der Waals surface area contributed by atoms with E-state index in [1.807, 2.05) is 32.9 Å². The van der Waals surface area contributed by atoms with Crippen LogP contribution < -0.4 is 0 Å². The van der Waals surface area contributed by atoms with Crippen molar-refractivity contribution in [3.63, 3.8) is 0 Å². The quantitative estimate of drug-likeness (QED) is 0.316. The van der Waals surface area contributed by atoms with Crippen LogP contribution in [0.25, 0.3) is 11.1 Å². The highest BCUT2D eigenvalue weighted by Gasteiger charge is 2.33. The SMILES string of the molecule is COC(=O)c1ccc(-c2ccc3c(c2)CC(N(CC(O)c2ccc(Cl)cc2)C(=O)OC(C)(C)C)CC3)cc1Cl. The van der Waals surface area contributed by atoms with Gasteiger partial charge in [0.05, 0.1) is 30.3 Å². The Morgan fingerprint density at radius 1 is 1.00 bits per heavy atom. The molecule has 3 aromatic carbocycles. The van der Waals surface area contributed by atoms with E-state index < -0.39 is 23.8 Å². The second-order valence-electron chi connectivity index (χ2n) is 10.8. The van der Waals surface area contributed by atoms with Gasteiger partial charge in [-0.2, -0.15) is 0 Å². The maximum atomic E-state index is 13.3. The van der Waals surface area contributed by atoms with Gasteiger partial charge in [-0.25, -0.2) is 9.59 Å². The van der Waals surface area contributed by atoms with Crippen LogP contribution in [0.4, 0.5) is 4.79 Å². The fourth-order valence-electron chi connectivity index (χ4n) is 4.82. The number of aliphatic hydroxyl groups excluding tert-OH is 1. The van der Waals surface area contributed by atoms with Crippen molar-refractivity contribution in [3.05, 3.63) is 93.0 Å². The maximum Gasteiger partial charge on any atom is 0.410 e. The van der Waals surface area contributed by atoms with Crippen LogP contribution in [0.2, 0.25) is 10.0 Å². The Morgan fingerprint density at radius 3 is 2.31 bits per heavy atom. The number of esters is 1. The van der Waals surface area contributed by atoms with Crippen LogP contribution in [-0.2, 0) is 22.3 Å². The predicted octanol–water partition coefficient (Wildman–Crippen LogP) is 7.28. The van der Waals surface area contributed by atoms with E-state index in [9.17, 15) is 14.7 Å². The lowest BCUT2D eigenvalue weighted by Crippen LogP contribution is -2.47. The first-order chi connectivity index (χ1) is 18.4. The molecule has 0 saturated heterocycles. The predicted molar refractivity (Wildman–Crippen MR) is 153 cm³/mol. The molecule has 1 amide bonds. The van der Waals surface area contributed by atoms with Gasteiger partial charge in [-0.15, -0.1) is 0 Å². The van der Waals surface area contributed by atoms with Crippen molar-refractivity contribution < 1.29 is 24.2 Å². The van der Waals surface area contributed by atoms with Gasteiger partial charge in [0.25, 0.3) is 0 Å². The number of carbonyl (C=O) groups excluding carboxylic acids is 2. The molecule has 0 saturated carbocycles. The first kappa shape index (κ1) is 28.9. The molecule has 0 radical (unpaired) electrons. The number of benzene rings is 3. The number of rotatable bonds is 6. The summed E-state index contributed by atoms with van der Waals surface area (Å²) in [5.41, 5.74) is 4.49. The summed E-state index contributed by atoms with van der Waals surface area (Å²) in [4.78, 5) is 26.9.